The van der Waals surface area contributed by atoms with Crippen LogP contribution in [0.2, 0.25) is 0 Å². The van der Waals surface area contributed by atoms with E-state index < -0.39 is 25.1 Å². The van der Waals surface area contributed by atoms with Crippen LogP contribution >= 0.6 is 0 Å². The molecular formula is C18H16F3N5O2. The molecule has 0 aliphatic heterocycles. The van der Waals surface area contributed by atoms with Crippen LogP contribution in [0, 0.1) is 6.92 Å². The molecule has 28 heavy (non-hydrogen) atoms. The molecule has 3 rings (SSSR count). The molecule has 0 spiro atoms. The number of alkyl halides is 3. The topological polar surface area (TPSA) is 92.9 Å². The number of nitrogens with one attached hydrogen (secondary N) is 1. The van der Waals surface area contributed by atoms with Crippen LogP contribution in [-0.4, -0.2) is 43.9 Å². The molecule has 2 N–H and O–H groups in total. The normalized spacial score (nSPS) is 12.2. The zero-order chi connectivity index (χ0) is 20.3. The summed E-state index contributed by atoms with van der Waals surface area (Å²) in [5.41, 5.74) is 1.87. The largest absolute Gasteiger partial charge is 0.478 e. The highest BCUT2D eigenvalue weighted by Crippen LogP contribution is 2.27. The Hall–Kier alpha value is -3.43. The molecule has 0 radical (unpaired) electrons. The summed E-state index contributed by atoms with van der Waals surface area (Å²) >= 11 is 0. The second-order valence-corrected chi connectivity index (χ2v) is 5.97. The SMILES string of the molecule is Cc1cnc(Nc2cnn(C(CF)C(F)F)c2)nc1-c1ccccc1C(=O)O. The van der Waals surface area contributed by atoms with Crippen LogP contribution in [0.5, 0.6) is 0 Å². The lowest BCUT2D eigenvalue weighted by molar-refractivity contribution is 0.0623. The Morgan fingerprint density at radius 2 is 2.04 bits per heavy atom. The summed E-state index contributed by atoms with van der Waals surface area (Å²) in [6, 6.07) is 4.74. The Labute approximate surface area is 157 Å². The summed E-state index contributed by atoms with van der Waals surface area (Å²) in [6.07, 6.45) is 1.09. The minimum Gasteiger partial charge on any atom is -0.478 e. The molecular weight excluding hydrogens is 375 g/mol. The fraction of sp³-hybridized carbons (Fsp3) is 0.222. The molecule has 7 nitrogen and oxygen atoms in total. The number of rotatable bonds is 7. The van der Waals surface area contributed by atoms with Crippen molar-refractivity contribution in [2.75, 3.05) is 12.0 Å². The zero-order valence-corrected chi connectivity index (χ0v) is 14.7. The van der Waals surface area contributed by atoms with Gasteiger partial charge in [-0.05, 0) is 18.6 Å². The van der Waals surface area contributed by atoms with E-state index in [9.17, 15) is 23.1 Å². The number of hydrogen-bond donors (Lipinski definition) is 2. The maximum absolute atomic E-state index is 12.8. The van der Waals surface area contributed by atoms with Gasteiger partial charge in [-0.3, -0.25) is 4.68 Å². The molecule has 0 fully saturated rings. The molecule has 1 atom stereocenters. The molecule has 2 heterocycles. The zero-order valence-electron chi connectivity index (χ0n) is 14.7. The Morgan fingerprint density at radius 3 is 2.71 bits per heavy atom. The van der Waals surface area contributed by atoms with E-state index >= 15 is 0 Å². The first-order chi connectivity index (χ1) is 13.4. The van der Waals surface area contributed by atoms with Gasteiger partial charge in [0.15, 0.2) is 0 Å². The molecule has 0 amide bonds. The number of carboxylic acid groups (broad SMARTS) is 1. The summed E-state index contributed by atoms with van der Waals surface area (Å²) in [4.78, 5) is 19.9. The van der Waals surface area contributed by atoms with Gasteiger partial charge in [-0.2, -0.15) is 5.10 Å². The fourth-order valence-corrected chi connectivity index (χ4v) is 2.62. The second-order valence-electron chi connectivity index (χ2n) is 5.97. The predicted molar refractivity (Wildman–Crippen MR) is 95.7 cm³/mol. The number of halogens is 3. The van der Waals surface area contributed by atoms with E-state index in [1.165, 1.54) is 24.7 Å². The van der Waals surface area contributed by atoms with Crippen LogP contribution in [0.3, 0.4) is 0 Å². The fourth-order valence-electron chi connectivity index (χ4n) is 2.62. The van der Waals surface area contributed by atoms with Crippen molar-refractivity contribution in [2.24, 2.45) is 0 Å². The van der Waals surface area contributed by atoms with E-state index in [4.69, 9.17) is 0 Å². The minimum atomic E-state index is -2.90. The number of aromatic carboxylic acids is 1. The molecule has 146 valence electrons. The van der Waals surface area contributed by atoms with Crippen LogP contribution in [0.15, 0.2) is 42.9 Å². The maximum atomic E-state index is 12.8. The molecule has 3 aromatic rings. The number of carbonyl (C=O) groups is 1. The van der Waals surface area contributed by atoms with Crippen LogP contribution in [0.1, 0.15) is 22.0 Å². The van der Waals surface area contributed by atoms with Gasteiger partial charge < -0.3 is 10.4 Å². The molecule has 0 aliphatic rings. The highest BCUT2D eigenvalue weighted by molar-refractivity contribution is 5.95. The molecule has 1 aromatic carbocycles. The number of aryl methyl sites for hydroxylation is 1. The first-order valence-electron chi connectivity index (χ1n) is 8.22. The summed E-state index contributed by atoms with van der Waals surface area (Å²) < 4.78 is 39.3. The third kappa shape index (κ3) is 3.95. The van der Waals surface area contributed by atoms with Gasteiger partial charge in [-0.15, -0.1) is 0 Å². The Kier molecular flexibility index (Phi) is 5.57. The highest BCUT2D eigenvalue weighted by atomic mass is 19.3. The van der Waals surface area contributed by atoms with Gasteiger partial charge in [0.1, 0.15) is 12.7 Å². The van der Waals surface area contributed by atoms with Crippen molar-refractivity contribution in [3.63, 3.8) is 0 Å². The van der Waals surface area contributed by atoms with E-state index in [0.29, 0.717) is 22.5 Å². The van der Waals surface area contributed by atoms with Gasteiger partial charge in [0.25, 0.3) is 6.43 Å². The lowest BCUT2D eigenvalue weighted by Gasteiger charge is -2.12. The highest BCUT2D eigenvalue weighted by Gasteiger charge is 2.23. The van der Waals surface area contributed by atoms with E-state index in [-0.39, 0.29) is 11.5 Å². The number of anilines is 2. The van der Waals surface area contributed by atoms with Crippen molar-refractivity contribution in [2.45, 2.75) is 19.4 Å². The average Bonchev–Trinajstić information content (AvgIpc) is 3.11. The lowest BCUT2D eigenvalue weighted by Crippen LogP contribution is -2.19. The van der Waals surface area contributed by atoms with Gasteiger partial charge in [-0.25, -0.2) is 27.9 Å². The van der Waals surface area contributed by atoms with E-state index in [1.807, 2.05) is 0 Å². The van der Waals surface area contributed by atoms with Crippen molar-refractivity contribution >= 4 is 17.6 Å². The van der Waals surface area contributed by atoms with Gasteiger partial charge in [0, 0.05) is 18.0 Å². The van der Waals surface area contributed by atoms with E-state index in [2.05, 4.69) is 20.4 Å². The maximum Gasteiger partial charge on any atom is 0.336 e. The van der Waals surface area contributed by atoms with Crippen molar-refractivity contribution < 1.29 is 23.1 Å². The molecule has 10 heteroatoms. The number of hydrogen-bond acceptors (Lipinski definition) is 5. The van der Waals surface area contributed by atoms with Crippen molar-refractivity contribution in [3.8, 4) is 11.3 Å². The monoisotopic (exact) mass is 391 g/mol. The van der Waals surface area contributed by atoms with E-state index in [1.54, 1.807) is 25.1 Å². The third-order valence-corrected chi connectivity index (χ3v) is 4.03. The Bertz CT molecular complexity index is 993. The van der Waals surface area contributed by atoms with Crippen molar-refractivity contribution in [1.82, 2.24) is 19.7 Å². The summed E-state index contributed by atoms with van der Waals surface area (Å²) in [5.74, 6) is -0.970. The van der Waals surface area contributed by atoms with Crippen LogP contribution in [0.4, 0.5) is 24.8 Å². The molecule has 0 bridgehead atoms. The van der Waals surface area contributed by atoms with Crippen LogP contribution in [-0.2, 0) is 0 Å². The minimum absolute atomic E-state index is 0.0887. The smallest absolute Gasteiger partial charge is 0.336 e. The summed E-state index contributed by atoms with van der Waals surface area (Å²) in [6.45, 7) is 0.486. The second kappa shape index (κ2) is 8.07. The van der Waals surface area contributed by atoms with Crippen LogP contribution < -0.4 is 5.32 Å². The van der Waals surface area contributed by atoms with Gasteiger partial charge in [0.05, 0.1) is 23.1 Å². The number of benzene rings is 1. The standard InChI is InChI=1S/C18H16F3N5O2/c1-10-7-22-18(24-11-8-23-26(9-11)14(6-19)16(20)21)25-15(10)12-4-2-3-5-13(12)17(27)28/h2-5,7-9,14,16H,6H2,1H3,(H,27,28)(H,22,24,25). The first kappa shape index (κ1) is 19.3. The molecule has 1 unspecified atom stereocenters. The third-order valence-electron chi connectivity index (χ3n) is 4.03. The molecule has 0 saturated carbocycles. The Balaban J connectivity index is 1.91. The Morgan fingerprint density at radius 1 is 1.29 bits per heavy atom. The molecule has 0 aliphatic carbocycles. The van der Waals surface area contributed by atoms with Gasteiger partial charge in [0.2, 0.25) is 5.95 Å². The number of carboxylic acids is 1. The summed E-state index contributed by atoms with van der Waals surface area (Å²) in [5, 5.41) is 15.9. The lowest BCUT2D eigenvalue weighted by atomic mass is 10.0. The average molecular weight is 391 g/mol. The molecule has 2 aromatic heterocycles. The summed E-state index contributed by atoms with van der Waals surface area (Å²) in [7, 11) is 0. The van der Waals surface area contributed by atoms with Crippen LogP contribution in [0.25, 0.3) is 11.3 Å². The van der Waals surface area contributed by atoms with Crippen molar-refractivity contribution in [1.29, 1.82) is 0 Å². The quantitative estimate of drug-likeness (QED) is 0.635. The van der Waals surface area contributed by atoms with Gasteiger partial charge in [-0.1, -0.05) is 18.2 Å². The van der Waals surface area contributed by atoms with E-state index in [0.717, 1.165) is 4.68 Å². The first-order valence-corrected chi connectivity index (χ1v) is 8.22. The van der Waals surface area contributed by atoms with Gasteiger partial charge >= 0.3 is 5.97 Å². The van der Waals surface area contributed by atoms with Crippen molar-refractivity contribution in [3.05, 3.63) is 54.0 Å². The molecule has 0 saturated heterocycles. The predicted octanol–water partition coefficient (Wildman–Crippen LogP) is 3.87. The number of aromatic nitrogens is 4. The number of nitrogens with zero attached hydrogens (tertiary/aromatic N) is 4.